The second kappa shape index (κ2) is 21.8. The van der Waals surface area contributed by atoms with E-state index >= 15 is 0 Å². The van der Waals surface area contributed by atoms with Crippen LogP contribution in [0.15, 0.2) is 143 Å². The Morgan fingerprint density at radius 3 is 0.703 bits per heavy atom. The monoisotopic (exact) mass is 1270 g/mol. The van der Waals surface area contributed by atoms with Crippen LogP contribution in [-0.4, -0.2) is 11.0 Å². The van der Waals surface area contributed by atoms with Gasteiger partial charge in [0, 0.05) is 0 Å². The molecule has 0 amide bonds. The van der Waals surface area contributed by atoms with Gasteiger partial charge in [-0.1, -0.05) is 0 Å². The zero-order valence-corrected chi connectivity index (χ0v) is 55.0. The summed E-state index contributed by atoms with van der Waals surface area (Å²) in [4.78, 5) is 0. The molecule has 0 saturated heterocycles. The van der Waals surface area contributed by atoms with Gasteiger partial charge < -0.3 is 0 Å². The van der Waals surface area contributed by atoms with E-state index in [9.17, 15) is 0 Å². The Bertz CT molecular complexity index is 2130. The van der Waals surface area contributed by atoms with Gasteiger partial charge >= 0.3 is 401 Å². The van der Waals surface area contributed by atoms with Crippen LogP contribution in [0, 0.1) is 45.3 Å². The molecule has 4 unspecified atom stereocenters. The van der Waals surface area contributed by atoms with Crippen LogP contribution in [0.4, 0.5) is 0 Å². The Morgan fingerprint density at radius 2 is 0.547 bits per heavy atom. The minimum atomic E-state index is -2.36. The van der Waals surface area contributed by atoms with Crippen molar-refractivity contribution in [3.05, 3.63) is 143 Å². The van der Waals surface area contributed by atoms with Crippen LogP contribution in [0.1, 0.15) is 138 Å². The average molecular weight is 1270 g/mol. The summed E-state index contributed by atoms with van der Waals surface area (Å²) in [6, 6.07) is 23.0. The Kier molecular flexibility index (Phi) is 19.6. The van der Waals surface area contributed by atoms with Crippen molar-refractivity contribution in [2.75, 3.05) is 0 Å². The Labute approximate surface area is 421 Å². The minimum absolute atomic E-state index is 0. The van der Waals surface area contributed by atoms with E-state index in [1.54, 1.807) is 55.0 Å². The second-order valence-corrected chi connectivity index (χ2v) is 64.5. The molecule has 6 heteroatoms. The quantitative estimate of drug-likeness (QED) is 0.253. The first-order valence-electron chi connectivity index (χ1n) is 23.8. The molecule has 2 aromatic carbocycles. The van der Waals surface area contributed by atoms with E-state index in [1.165, 1.54) is 0 Å². The maximum absolute atomic E-state index is 2.65. The van der Waals surface area contributed by atoms with E-state index in [1.807, 2.05) is 13.3 Å². The Morgan fingerprint density at radius 1 is 0.359 bits per heavy atom. The van der Waals surface area contributed by atoms with Crippen molar-refractivity contribution in [3.8, 4) is 0 Å². The SMILES string of the molecule is CC1=[C]([Hf]([C]2=C(C)C(C(C)(C)C)=CC2C)=[Si](C)c2ccccc2)C(C)C=C1C(C)(C)C.CC1=[C]([Hf]([C]2=C(C)C(C(C)(C)C)=CC2C)=[Si](C)c2ccccc2)C(C)C=C1C(C)(C)C.Cl.Cl. The van der Waals surface area contributed by atoms with Crippen LogP contribution in [-0.2, 0) is 40.1 Å². The second-order valence-electron chi connectivity index (χ2n) is 23.4. The first kappa shape index (κ1) is 57.4. The van der Waals surface area contributed by atoms with Gasteiger partial charge in [-0.2, -0.15) is 0 Å². The van der Waals surface area contributed by atoms with Gasteiger partial charge in [0.15, 0.2) is 0 Å². The number of hydrogen-bond donors (Lipinski definition) is 0. The van der Waals surface area contributed by atoms with Gasteiger partial charge in [-0.25, -0.2) is 0 Å². The predicted octanol–water partition coefficient (Wildman–Crippen LogP) is 16.7. The molecule has 0 N–H and O–H groups in total. The predicted molar refractivity (Wildman–Crippen MR) is 287 cm³/mol. The fraction of sp³-hybridized carbons (Fsp3) is 0.517. The topological polar surface area (TPSA) is 0 Å². The summed E-state index contributed by atoms with van der Waals surface area (Å²) in [5.74, 6) is 2.41. The Hall–Kier alpha value is -0.886. The standard InChI is InChI=1S/4C11H17.2C7H8Si.2ClH.2Hf/c4*1-8-6-9(2)10(7-8)11(3,4)5;2*1-8-7-5-3-2-4-6-7;;;;/h4*7-8H,1-5H3;2*2-6H,1H3;2*1H;;. The van der Waals surface area contributed by atoms with Crippen LogP contribution in [0.2, 0.25) is 13.1 Å². The largest absolute Gasteiger partial charge is 0.147 e. The van der Waals surface area contributed by atoms with Gasteiger partial charge in [0.1, 0.15) is 0 Å². The average Bonchev–Trinajstić information content (AvgIpc) is 3.86. The summed E-state index contributed by atoms with van der Waals surface area (Å²) >= 11 is -4.72. The molecular weight excluding hydrogens is 1180 g/mol. The third kappa shape index (κ3) is 12.1. The molecule has 4 aliphatic rings. The van der Waals surface area contributed by atoms with Crippen molar-refractivity contribution < 1.29 is 40.1 Å². The van der Waals surface area contributed by atoms with E-state index in [2.05, 4.69) is 237 Å². The molecular formula is C58H86Cl2Hf2Si2. The minimum Gasteiger partial charge on any atom is -0.147 e. The molecule has 348 valence electrons. The summed E-state index contributed by atoms with van der Waals surface area (Å²) in [6.07, 6.45) is 10.5. The van der Waals surface area contributed by atoms with Crippen molar-refractivity contribution in [1.29, 1.82) is 0 Å². The Balaban J connectivity index is 0.000000330. The fourth-order valence-corrected chi connectivity index (χ4v) is 73.0. The molecule has 4 atom stereocenters. The van der Waals surface area contributed by atoms with Crippen molar-refractivity contribution >= 4 is 46.2 Å². The van der Waals surface area contributed by atoms with Crippen molar-refractivity contribution in [2.45, 2.75) is 152 Å². The third-order valence-electron chi connectivity index (χ3n) is 14.2. The summed E-state index contributed by atoms with van der Waals surface area (Å²) < 4.78 is 7.61. The zero-order chi connectivity index (χ0) is 46.6. The molecule has 2 aromatic rings. The van der Waals surface area contributed by atoms with Crippen molar-refractivity contribution in [2.24, 2.45) is 45.3 Å². The van der Waals surface area contributed by atoms with Gasteiger partial charge in [0.05, 0.1) is 0 Å². The van der Waals surface area contributed by atoms with Crippen LogP contribution < -0.4 is 10.4 Å². The first-order chi connectivity index (χ1) is 28.5. The van der Waals surface area contributed by atoms with E-state index in [-0.39, 0.29) is 46.5 Å². The molecule has 0 nitrogen and oxygen atoms in total. The molecule has 0 spiro atoms. The van der Waals surface area contributed by atoms with E-state index < -0.39 is 51.1 Å². The molecule has 0 bridgehead atoms. The van der Waals surface area contributed by atoms with Crippen LogP contribution in [0.25, 0.3) is 0 Å². The smallest absolute Gasteiger partial charge is 0.147 e. The third-order valence-corrected chi connectivity index (χ3v) is 69.0. The summed E-state index contributed by atoms with van der Waals surface area (Å²) in [6.45, 7) is 53.7. The summed E-state index contributed by atoms with van der Waals surface area (Å²) in [7, 11) is 0. The summed E-state index contributed by atoms with van der Waals surface area (Å²) in [5, 5.41) is 3.28. The van der Waals surface area contributed by atoms with Crippen LogP contribution in [0.3, 0.4) is 0 Å². The maximum atomic E-state index is 2.65. The van der Waals surface area contributed by atoms with Crippen LogP contribution in [0.5, 0.6) is 0 Å². The van der Waals surface area contributed by atoms with Gasteiger partial charge in [0.25, 0.3) is 0 Å². The molecule has 0 radical (unpaired) electrons. The number of allylic oxidation sites excluding steroid dienone is 16. The van der Waals surface area contributed by atoms with E-state index in [0.29, 0.717) is 23.7 Å². The van der Waals surface area contributed by atoms with Crippen LogP contribution >= 0.6 is 24.8 Å². The maximum Gasteiger partial charge on any atom is -0.147 e. The van der Waals surface area contributed by atoms with Crippen molar-refractivity contribution in [1.82, 2.24) is 0 Å². The van der Waals surface area contributed by atoms with Gasteiger partial charge in [-0.15, -0.1) is 24.8 Å². The molecule has 0 saturated carbocycles. The molecule has 4 aliphatic carbocycles. The first-order valence-corrected chi connectivity index (χ1v) is 45.7. The van der Waals surface area contributed by atoms with Gasteiger partial charge in [-0.05, 0) is 0 Å². The van der Waals surface area contributed by atoms with Crippen molar-refractivity contribution in [3.63, 3.8) is 0 Å². The molecule has 64 heavy (non-hydrogen) atoms. The number of halogens is 2. The molecule has 0 aromatic heterocycles. The van der Waals surface area contributed by atoms with Gasteiger partial charge in [0.2, 0.25) is 0 Å². The molecule has 0 heterocycles. The molecule has 0 fully saturated rings. The van der Waals surface area contributed by atoms with E-state index in [0.717, 1.165) is 0 Å². The number of benzene rings is 2. The number of hydrogen-bond acceptors (Lipinski definition) is 0. The van der Waals surface area contributed by atoms with E-state index in [4.69, 9.17) is 0 Å². The summed E-state index contributed by atoms with van der Waals surface area (Å²) in [5.41, 5.74) is 12.7. The fourth-order valence-electron chi connectivity index (χ4n) is 11.5. The molecule has 6 rings (SSSR count). The normalized spacial score (nSPS) is 21.5. The van der Waals surface area contributed by atoms with Gasteiger partial charge in [-0.3, -0.25) is 0 Å². The molecule has 0 aliphatic heterocycles. The zero-order valence-electron chi connectivity index (χ0n) is 44.2. The number of rotatable bonds is 6.